The Morgan fingerprint density at radius 2 is 1.68 bits per heavy atom. The molecule has 0 saturated heterocycles. The number of carbonyl (C=O) groups excluding carboxylic acids is 1. The Bertz CT molecular complexity index is 288. The number of hydrogen-bond acceptors (Lipinski definition) is 2. The van der Waals surface area contributed by atoms with Crippen LogP contribution in [0.15, 0.2) is 0 Å². The molecule has 0 radical (unpaired) electrons. The number of rotatable bonds is 8. The average Bonchev–Trinajstić information content (AvgIpc) is 2.29. The van der Waals surface area contributed by atoms with Crippen LogP contribution in [0.5, 0.6) is 0 Å². The number of aliphatic carboxylic acids is 1. The van der Waals surface area contributed by atoms with Crippen molar-refractivity contribution >= 4 is 12.0 Å². The summed E-state index contributed by atoms with van der Waals surface area (Å²) in [5.41, 5.74) is 0. The zero-order valence-electron chi connectivity index (χ0n) is 12.8. The lowest BCUT2D eigenvalue weighted by atomic mass is 9.96. The highest BCUT2D eigenvalue weighted by Gasteiger charge is 2.22. The minimum Gasteiger partial charge on any atom is -0.481 e. The Kier molecular flexibility index (Phi) is 8.19. The van der Waals surface area contributed by atoms with Gasteiger partial charge >= 0.3 is 12.0 Å². The van der Waals surface area contributed by atoms with Crippen molar-refractivity contribution in [3.8, 4) is 0 Å². The summed E-state index contributed by atoms with van der Waals surface area (Å²) in [4.78, 5) is 24.4. The van der Waals surface area contributed by atoms with E-state index in [1.807, 2.05) is 20.8 Å². The Labute approximate surface area is 116 Å². The van der Waals surface area contributed by atoms with Crippen LogP contribution in [0, 0.1) is 5.92 Å². The van der Waals surface area contributed by atoms with E-state index >= 15 is 0 Å². The molecule has 0 spiro atoms. The van der Waals surface area contributed by atoms with Crippen LogP contribution in [0.2, 0.25) is 0 Å². The van der Waals surface area contributed by atoms with Crippen LogP contribution in [-0.4, -0.2) is 40.6 Å². The van der Waals surface area contributed by atoms with E-state index in [1.165, 1.54) is 0 Å². The zero-order chi connectivity index (χ0) is 15.0. The molecule has 5 heteroatoms. The molecule has 0 saturated carbocycles. The van der Waals surface area contributed by atoms with Crippen molar-refractivity contribution in [1.82, 2.24) is 10.2 Å². The quantitative estimate of drug-likeness (QED) is 0.713. The van der Waals surface area contributed by atoms with Gasteiger partial charge in [0, 0.05) is 18.6 Å². The molecule has 5 nitrogen and oxygen atoms in total. The van der Waals surface area contributed by atoms with Crippen LogP contribution in [-0.2, 0) is 4.79 Å². The molecule has 0 aromatic rings. The van der Waals surface area contributed by atoms with Gasteiger partial charge in [-0.2, -0.15) is 0 Å². The summed E-state index contributed by atoms with van der Waals surface area (Å²) in [6, 6.07) is -0.0718. The second kappa shape index (κ2) is 8.77. The summed E-state index contributed by atoms with van der Waals surface area (Å²) in [6.07, 6.45) is 2.02. The SMILES string of the molecule is CCC(CC)C(C)NC(=O)N(CCC(=O)O)C(C)C. The molecule has 0 heterocycles. The van der Waals surface area contributed by atoms with E-state index in [-0.39, 0.29) is 31.1 Å². The van der Waals surface area contributed by atoms with Gasteiger partial charge < -0.3 is 15.3 Å². The van der Waals surface area contributed by atoms with Gasteiger partial charge in [-0.05, 0) is 26.7 Å². The van der Waals surface area contributed by atoms with Crippen molar-refractivity contribution in [1.29, 1.82) is 0 Å². The highest BCUT2D eigenvalue weighted by molar-refractivity contribution is 5.75. The van der Waals surface area contributed by atoms with Gasteiger partial charge in [-0.15, -0.1) is 0 Å². The van der Waals surface area contributed by atoms with E-state index in [1.54, 1.807) is 4.90 Å². The van der Waals surface area contributed by atoms with E-state index in [2.05, 4.69) is 19.2 Å². The van der Waals surface area contributed by atoms with Gasteiger partial charge in [0.25, 0.3) is 0 Å². The van der Waals surface area contributed by atoms with Gasteiger partial charge in [0.1, 0.15) is 0 Å². The average molecular weight is 272 g/mol. The highest BCUT2D eigenvalue weighted by atomic mass is 16.4. The molecule has 112 valence electrons. The van der Waals surface area contributed by atoms with Crippen LogP contribution in [0.3, 0.4) is 0 Å². The smallest absolute Gasteiger partial charge is 0.317 e. The number of carboxylic acids is 1. The fourth-order valence-electron chi connectivity index (χ4n) is 2.20. The number of carbonyl (C=O) groups is 2. The third kappa shape index (κ3) is 6.45. The molecule has 0 bridgehead atoms. The van der Waals surface area contributed by atoms with Crippen molar-refractivity contribution in [2.45, 2.75) is 66.0 Å². The fourth-order valence-corrected chi connectivity index (χ4v) is 2.20. The van der Waals surface area contributed by atoms with E-state index in [0.717, 1.165) is 12.8 Å². The molecule has 0 aromatic carbocycles. The summed E-state index contributed by atoms with van der Waals surface area (Å²) in [5.74, 6) is -0.427. The van der Waals surface area contributed by atoms with E-state index in [4.69, 9.17) is 5.11 Å². The number of nitrogens with zero attached hydrogens (tertiary/aromatic N) is 1. The molecule has 0 aromatic heterocycles. The predicted molar refractivity (Wildman–Crippen MR) is 76.2 cm³/mol. The third-order valence-corrected chi connectivity index (χ3v) is 3.56. The summed E-state index contributed by atoms with van der Waals surface area (Å²) in [7, 11) is 0. The molecule has 19 heavy (non-hydrogen) atoms. The minimum absolute atomic E-state index is 0.00625. The monoisotopic (exact) mass is 272 g/mol. The molecule has 0 fully saturated rings. The van der Waals surface area contributed by atoms with Crippen molar-refractivity contribution in [3.63, 3.8) is 0 Å². The lowest BCUT2D eigenvalue weighted by molar-refractivity contribution is -0.137. The maximum absolute atomic E-state index is 12.2. The normalized spacial score (nSPS) is 12.6. The fraction of sp³-hybridized carbons (Fsp3) is 0.857. The Morgan fingerprint density at radius 3 is 2.05 bits per heavy atom. The van der Waals surface area contributed by atoms with Crippen LogP contribution >= 0.6 is 0 Å². The maximum Gasteiger partial charge on any atom is 0.317 e. The number of carboxylic acid groups (broad SMARTS) is 1. The second-order valence-electron chi connectivity index (χ2n) is 5.25. The van der Waals surface area contributed by atoms with Crippen LogP contribution in [0.25, 0.3) is 0 Å². The lowest BCUT2D eigenvalue weighted by Crippen LogP contribution is -2.49. The lowest BCUT2D eigenvalue weighted by Gasteiger charge is -2.30. The standard InChI is InChI=1S/C14H28N2O3/c1-6-12(7-2)11(5)15-14(19)16(10(3)4)9-8-13(17)18/h10-12H,6-9H2,1-5H3,(H,15,19)(H,17,18). The molecule has 0 aliphatic heterocycles. The maximum atomic E-state index is 12.2. The van der Waals surface area contributed by atoms with Gasteiger partial charge in [0.05, 0.1) is 6.42 Å². The Morgan fingerprint density at radius 1 is 1.16 bits per heavy atom. The highest BCUT2D eigenvalue weighted by Crippen LogP contribution is 2.13. The molecular weight excluding hydrogens is 244 g/mol. The Balaban J connectivity index is 4.51. The molecule has 2 amide bonds. The summed E-state index contributed by atoms with van der Waals surface area (Å²) < 4.78 is 0. The van der Waals surface area contributed by atoms with Crippen molar-refractivity contribution < 1.29 is 14.7 Å². The second-order valence-corrected chi connectivity index (χ2v) is 5.25. The molecule has 2 N–H and O–H groups in total. The molecule has 1 unspecified atom stereocenters. The topological polar surface area (TPSA) is 69.6 Å². The Hall–Kier alpha value is -1.26. The van der Waals surface area contributed by atoms with Crippen LogP contribution < -0.4 is 5.32 Å². The molecular formula is C14H28N2O3. The van der Waals surface area contributed by atoms with E-state index < -0.39 is 5.97 Å². The van der Waals surface area contributed by atoms with Crippen LogP contribution in [0.4, 0.5) is 4.79 Å². The van der Waals surface area contributed by atoms with E-state index in [9.17, 15) is 9.59 Å². The van der Waals surface area contributed by atoms with Gasteiger partial charge in [0.15, 0.2) is 0 Å². The number of nitrogens with one attached hydrogen (secondary N) is 1. The van der Waals surface area contributed by atoms with Crippen molar-refractivity contribution in [2.75, 3.05) is 6.54 Å². The van der Waals surface area contributed by atoms with Gasteiger partial charge in [0.2, 0.25) is 0 Å². The number of amides is 2. The molecule has 0 rings (SSSR count). The largest absolute Gasteiger partial charge is 0.481 e. The third-order valence-electron chi connectivity index (χ3n) is 3.56. The summed E-state index contributed by atoms with van der Waals surface area (Å²) >= 11 is 0. The first-order valence-corrected chi connectivity index (χ1v) is 7.12. The molecule has 1 atom stereocenters. The van der Waals surface area contributed by atoms with Crippen LogP contribution in [0.1, 0.15) is 53.9 Å². The zero-order valence-corrected chi connectivity index (χ0v) is 12.8. The van der Waals surface area contributed by atoms with Gasteiger partial charge in [-0.1, -0.05) is 26.7 Å². The van der Waals surface area contributed by atoms with E-state index in [0.29, 0.717) is 5.92 Å². The first-order valence-electron chi connectivity index (χ1n) is 7.12. The first-order chi connectivity index (χ1) is 8.83. The van der Waals surface area contributed by atoms with Crippen molar-refractivity contribution in [2.24, 2.45) is 5.92 Å². The van der Waals surface area contributed by atoms with Gasteiger partial charge in [-0.3, -0.25) is 4.79 Å². The van der Waals surface area contributed by atoms with Crippen molar-refractivity contribution in [3.05, 3.63) is 0 Å². The van der Waals surface area contributed by atoms with Gasteiger partial charge in [-0.25, -0.2) is 4.79 Å². The first kappa shape index (κ1) is 17.7. The predicted octanol–water partition coefficient (Wildman–Crippen LogP) is 2.71. The minimum atomic E-state index is -0.883. The summed E-state index contributed by atoms with van der Waals surface area (Å²) in [6.45, 7) is 10.3. The summed E-state index contributed by atoms with van der Waals surface area (Å²) in [5, 5.41) is 11.7. The molecule has 0 aliphatic carbocycles. The number of urea groups is 1. The molecule has 0 aliphatic rings. The number of hydrogen-bond donors (Lipinski definition) is 2.